The van der Waals surface area contributed by atoms with Crippen LogP contribution in [0.25, 0.3) is 10.2 Å². The number of ether oxygens (including phenoxy) is 1. The number of nitrogens with zero attached hydrogens (tertiary/aromatic N) is 1. The van der Waals surface area contributed by atoms with E-state index in [1.54, 1.807) is 11.4 Å². The van der Waals surface area contributed by atoms with Gasteiger partial charge in [0.2, 0.25) is 5.75 Å². The Morgan fingerprint density at radius 1 is 1.42 bits per heavy atom. The molecule has 7 nitrogen and oxygen atoms in total. The number of aromatic nitrogens is 1. The van der Waals surface area contributed by atoms with Crippen molar-refractivity contribution >= 4 is 27.6 Å². The zero-order chi connectivity index (χ0) is 16.8. The Kier molecular flexibility index (Phi) is 3.73. The van der Waals surface area contributed by atoms with Gasteiger partial charge in [-0.3, -0.25) is 4.79 Å². The third-order valence-electron chi connectivity index (χ3n) is 5.16. The van der Waals surface area contributed by atoms with E-state index in [-0.39, 0.29) is 17.5 Å². The molecule has 0 aromatic carbocycles. The summed E-state index contributed by atoms with van der Waals surface area (Å²) in [5.41, 5.74) is -0.0841. The van der Waals surface area contributed by atoms with E-state index in [1.165, 1.54) is 11.3 Å². The van der Waals surface area contributed by atoms with Gasteiger partial charge in [0.15, 0.2) is 5.75 Å². The van der Waals surface area contributed by atoms with Crippen molar-refractivity contribution in [1.29, 1.82) is 0 Å². The molecule has 2 bridgehead atoms. The van der Waals surface area contributed by atoms with E-state index in [2.05, 4.69) is 22.2 Å². The maximum absolute atomic E-state index is 12.2. The number of hydrogen-bond donors (Lipinski definition) is 3. The smallest absolute Gasteiger partial charge is 0.413 e. The first-order valence-electron chi connectivity index (χ1n) is 8.05. The van der Waals surface area contributed by atoms with Crippen LogP contribution in [0.4, 0.5) is 4.79 Å². The number of fused-ring (bicyclic) bond motifs is 3. The lowest BCUT2D eigenvalue weighted by Gasteiger charge is -2.36. The molecule has 8 heteroatoms. The molecule has 2 aromatic rings. The fourth-order valence-electron chi connectivity index (χ4n) is 3.89. The van der Waals surface area contributed by atoms with Gasteiger partial charge < -0.3 is 25.0 Å². The number of H-pyrrole nitrogens is 1. The van der Waals surface area contributed by atoms with Crippen LogP contribution in [0.2, 0.25) is 0 Å². The molecule has 24 heavy (non-hydrogen) atoms. The molecule has 4 heterocycles. The summed E-state index contributed by atoms with van der Waals surface area (Å²) in [6.45, 7) is 0. The molecule has 2 unspecified atom stereocenters. The first-order valence-corrected chi connectivity index (χ1v) is 8.93. The number of rotatable bonds is 2. The molecule has 0 radical (unpaired) electrons. The molecule has 2 aliphatic rings. The van der Waals surface area contributed by atoms with Gasteiger partial charge in [-0.25, -0.2) is 4.79 Å². The monoisotopic (exact) mass is 349 g/mol. The average molecular weight is 349 g/mol. The maximum Gasteiger partial charge on any atom is 0.413 e. The minimum atomic E-state index is -0.694. The van der Waals surface area contributed by atoms with Gasteiger partial charge in [0.1, 0.15) is 0 Å². The Labute approximate surface area is 142 Å². The first-order chi connectivity index (χ1) is 11.5. The molecule has 0 aliphatic carbocycles. The van der Waals surface area contributed by atoms with Gasteiger partial charge in [-0.05, 0) is 44.2 Å². The lowest BCUT2D eigenvalue weighted by molar-refractivity contribution is 0.140. The molecular formula is C16H19N3O4S. The van der Waals surface area contributed by atoms with Crippen molar-refractivity contribution in [2.45, 2.75) is 43.8 Å². The van der Waals surface area contributed by atoms with Gasteiger partial charge >= 0.3 is 6.09 Å². The quantitative estimate of drug-likeness (QED) is 0.771. The van der Waals surface area contributed by atoms with Crippen LogP contribution < -0.4 is 15.6 Å². The van der Waals surface area contributed by atoms with Crippen molar-refractivity contribution < 1.29 is 14.6 Å². The number of pyridine rings is 1. The zero-order valence-corrected chi connectivity index (χ0v) is 14.1. The molecule has 2 aliphatic heterocycles. The number of thiophene rings is 1. The summed E-state index contributed by atoms with van der Waals surface area (Å²) in [6, 6.07) is 2.72. The summed E-state index contributed by atoms with van der Waals surface area (Å²) in [5.74, 6) is -0.638. The van der Waals surface area contributed by atoms with Crippen molar-refractivity contribution in [2.75, 3.05) is 7.05 Å². The van der Waals surface area contributed by atoms with E-state index >= 15 is 0 Å². The Hall–Kier alpha value is -2.06. The molecule has 4 rings (SSSR count). The van der Waals surface area contributed by atoms with Crippen LogP contribution in [0.1, 0.15) is 25.7 Å². The first kappa shape index (κ1) is 15.5. The molecule has 2 saturated heterocycles. The van der Waals surface area contributed by atoms with Crippen LogP contribution in [0.15, 0.2) is 16.2 Å². The van der Waals surface area contributed by atoms with E-state index in [0.717, 1.165) is 25.7 Å². The van der Waals surface area contributed by atoms with E-state index in [9.17, 15) is 14.7 Å². The number of carbonyl (C=O) groups excluding carboxylic acids is 1. The second-order valence-electron chi connectivity index (χ2n) is 6.55. The number of carbonyl (C=O) groups is 1. The normalized spacial score (nSPS) is 26.6. The summed E-state index contributed by atoms with van der Waals surface area (Å²) >= 11 is 1.27. The van der Waals surface area contributed by atoms with Crippen LogP contribution in [0.5, 0.6) is 11.5 Å². The van der Waals surface area contributed by atoms with Crippen LogP contribution >= 0.6 is 11.3 Å². The average Bonchev–Trinajstić information content (AvgIpc) is 3.06. The summed E-state index contributed by atoms with van der Waals surface area (Å²) in [4.78, 5) is 29.2. The van der Waals surface area contributed by atoms with Crippen LogP contribution in [-0.4, -0.2) is 46.3 Å². The van der Waals surface area contributed by atoms with Crippen LogP contribution in [0.3, 0.4) is 0 Å². The largest absolute Gasteiger partial charge is 0.503 e. The standard InChI is InChI=1S/C16H19N3O4S/c1-19-9-2-3-10(19)7-8(6-9)17-16(22)23-13-12(20)14-11(4-5-24-14)18-15(13)21/h4-5,8-10H,2-3,6-7H2,1H3,(H,17,22)(H2,18,20,21). The molecular weight excluding hydrogens is 330 g/mol. The summed E-state index contributed by atoms with van der Waals surface area (Å²) in [5, 5.41) is 14.8. The Morgan fingerprint density at radius 2 is 2.12 bits per heavy atom. The fraction of sp³-hybridized carbons (Fsp3) is 0.500. The van der Waals surface area contributed by atoms with Gasteiger partial charge in [0.25, 0.3) is 5.56 Å². The number of piperidine rings is 1. The number of hydrogen-bond acceptors (Lipinski definition) is 6. The van der Waals surface area contributed by atoms with Crippen molar-refractivity contribution in [1.82, 2.24) is 15.2 Å². The van der Waals surface area contributed by atoms with Crippen LogP contribution in [0, 0.1) is 0 Å². The SMILES string of the molecule is CN1C2CCC1CC(NC(=O)Oc1c(O)c3sccc3[nH]c1=O)C2. The Bertz CT molecular complexity index is 831. The van der Waals surface area contributed by atoms with Gasteiger partial charge in [0, 0.05) is 18.1 Å². The highest BCUT2D eigenvalue weighted by Crippen LogP contribution is 2.35. The highest BCUT2D eigenvalue weighted by molar-refractivity contribution is 7.17. The highest BCUT2D eigenvalue weighted by Gasteiger charge is 2.39. The minimum absolute atomic E-state index is 0.0397. The number of aromatic amines is 1. The van der Waals surface area contributed by atoms with Crippen molar-refractivity contribution in [3.63, 3.8) is 0 Å². The van der Waals surface area contributed by atoms with Crippen molar-refractivity contribution in [3.05, 3.63) is 21.8 Å². The number of aromatic hydroxyl groups is 1. The maximum atomic E-state index is 12.2. The molecule has 1 amide bonds. The highest BCUT2D eigenvalue weighted by atomic mass is 32.1. The predicted molar refractivity (Wildman–Crippen MR) is 90.9 cm³/mol. The van der Waals surface area contributed by atoms with E-state index in [1.807, 2.05) is 0 Å². The lowest BCUT2D eigenvalue weighted by Crippen LogP contribution is -2.49. The summed E-state index contributed by atoms with van der Waals surface area (Å²) in [6.07, 6.45) is 3.39. The van der Waals surface area contributed by atoms with Gasteiger partial charge in [-0.2, -0.15) is 0 Å². The van der Waals surface area contributed by atoms with E-state index < -0.39 is 11.7 Å². The molecule has 0 saturated carbocycles. The van der Waals surface area contributed by atoms with E-state index in [4.69, 9.17) is 4.74 Å². The van der Waals surface area contributed by atoms with Crippen molar-refractivity contribution in [2.24, 2.45) is 0 Å². The van der Waals surface area contributed by atoms with Gasteiger partial charge in [-0.1, -0.05) is 0 Å². The number of amides is 1. The zero-order valence-electron chi connectivity index (χ0n) is 13.2. The Balaban J connectivity index is 1.48. The third-order valence-corrected chi connectivity index (χ3v) is 6.09. The predicted octanol–water partition coefficient (Wildman–Crippen LogP) is 2.01. The molecule has 128 valence electrons. The van der Waals surface area contributed by atoms with E-state index in [0.29, 0.717) is 22.3 Å². The Morgan fingerprint density at radius 3 is 2.83 bits per heavy atom. The minimum Gasteiger partial charge on any atom is -0.503 e. The molecule has 0 spiro atoms. The number of nitrogens with one attached hydrogen (secondary N) is 2. The lowest BCUT2D eigenvalue weighted by atomic mass is 9.98. The second kappa shape index (κ2) is 5.78. The van der Waals surface area contributed by atoms with Gasteiger partial charge in [0.05, 0.1) is 10.2 Å². The second-order valence-corrected chi connectivity index (χ2v) is 7.46. The third kappa shape index (κ3) is 2.55. The van der Waals surface area contributed by atoms with Gasteiger partial charge in [-0.15, -0.1) is 11.3 Å². The fourth-order valence-corrected chi connectivity index (χ4v) is 4.68. The summed E-state index contributed by atoms with van der Waals surface area (Å²) < 4.78 is 5.62. The molecule has 3 N–H and O–H groups in total. The molecule has 2 atom stereocenters. The molecule has 2 fully saturated rings. The van der Waals surface area contributed by atoms with Crippen LogP contribution in [-0.2, 0) is 0 Å². The molecule has 2 aromatic heterocycles. The summed E-state index contributed by atoms with van der Waals surface area (Å²) in [7, 11) is 2.13. The van der Waals surface area contributed by atoms with Crippen molar-refractivity contribution in [3.8, 4) is 11.5 Å². The topological polar surface area (TPSA) is 94.7 Å².